The molecule has 0 radical (unpaired) electrons. The third-order valence-electron chi connectivity index (χ3n) is 3.59. The van der Waals surface area contributed by atoms with Crippen LogP contribution >= 0.6 is 0 Å². The smallest absolute Gasteiger partial charge is 0.251 e. The molecular weight excluding hydrogens is 332 g/mol. The Kier molecular flexibility index (Phi) is 4.37. The number of nitrogens with one attached hydrogen (secondary N) is 2. The van der Waals surface area contributed by atoms with Gasteiger partial charge >= 0.3 is 0 Å². The molecule has 1 aromatic carbocycles. The molecule has 2 aromatic rings. The zero-order chi connectivity index (χ0) is 17.3. The molecule has 1 atom stereocenters. The second-order valence-electron chi connectivity index (χ2n) is 5.79. The van der Waals surface area contributed by atoms with Crippen LogP contribution in [0.25, 0.3) is 0 Å². The van der Waals surface area contributed by atoms with Gasteiger partial charge in [-0.1, -0.05) is 5.16 Å². The molecular formula is C15H18N4O4S. The molecule has 1 amide bonds. The van der Waals surface area contributed by atoms with E-state index in [0.29, 0.717) is 17.3 Å². The van der Waals surface area contributed by atoms with Crippen molar-refractivity contribution >= 4 is 15.9 Å². The maximum atomic E-state index is 12.2. The first-order valence-electron chi connectivity index (χ1n) is 7.58. The van der Waals surface area contributed by atoms with Crippen molar-refractivity contribution < 1.29 is 17.7 Å². The quantitative estimate of drug-likeness (QED) is 0.812. The summed E-state index contributed by atoms with van der Waals surface area (Å²) in [6, 6.07) is 5.38. The van der Waals surface area contributed by atoms with Crippen LogP contribution in [-0.2, 0) is 10.0 Å². The van der Waals surface area contributed by atoms with Gasteiger partial charge in [0.2, 0.25) is 15.9 Å². The van der Waals surface area contributed by atoms with Gasteiger partial charge in [0, 0.05) is 11.6 Å². The van der Waals surface area contributed by atoms with Gasteiger partial charge in [-0.05, 0) is 51.0 Å². The number of nitrogens with zero attached hydrogens (tertiary/aromatic N) is 2. The molecule has 0 aliphatic heterocycles. The molecule has 24 heavy (non-hydrogen) atoms. The molecule has 1 fully saturated rings. The van der Waals surface area contributed by atoms with Crippen LogP contribution in [0.4, 0.5) is 0 Å². The van der Waals surface area contributed by atoms with Gasteiger partial charge in [0.25, 0.3) is 5.91 Å². The van der Waals surface area contributed by atoms with E-state index < -0.39 is 16.1 Å². The SMILES string of the molecule is Cc1noc(C(C)NC(=O)c2ccc(S(=O)(=O)NC3CC3)cc2)n1. The largest absolute Gasteiger partial charge is 0.341 e. The first-order valence-corrected chi connectivity index (χ1v) is 9.07. The molecule has 1 unspecified atom stereocenters. The Morgan fingerprint density at radius 1 is 1.29 bits per heavy atom. The zero-order valence-corrected chi connectivity index (χ0v) is 14.1. The molecule has 2 N–H and O–H groups in total. The van der Waals surface area contributed by atoms with Crippen LogP contribution in [0.15, 0.2) is 33.7 Å². The van der Waals surface area contributed by atoms with Crippen molar-refractivity contribution in [1.82, 2.24) is 20.2 Å². The third kappa shape index (κ3) is 3.80. The fourth-order valence-corrected chi connectivity index (χ4v) is 3.41. The van der Waals surface area contributed by atoms with Crippen molar-refractivity contribution in [3.63, 3.8) is 0 Å². The van der Waals surface area contributed by atoms with Crippen molar-refractivity contribution in [3.8, 4) is 0 Å². The predicted octanol–water partition coefficient (Wildman–Crippen LogP) is 1.31. The van der Waals surface area contributed by atoms with Crippen LogP contribution in [0.2, 0.25) is 0 Å². The van der Waals surface area contributed by atoms with E-state index >= 15 is 0 Å². The summed E-state index contributed by atoms with van der Waals surface area (Å²) in [4.78, 5) is 16.4. The van der Waals surface area contributed by atoms with E-state index in [0.717, 1.165) is 12.8 Å². The maximum absolute atomic E-state index is 12.2. The highest BCUT2D eigenvalue weighted by molar-refractivity contribution is 7.89. The molecule has 3 rings (SSSR count). The van der Waals surface area contributed by atoms with Gasteiger partial charge in [0.15, 0.2) is 5.82 Å². The predicted molar refractivity (Wildman–Crippen MR) is 84.7 cm³/mol. The van der Waals surface area contributed by atoms with Crippen molar-refractivity contribution in [2.24, 2.45) is 0 Å². The molecule has 1 aliphatic carbocycles. The molecule has 1 aliphatic rings. The highest BCUT2D eigenvalue weighted by atomic mass is 32.2. The Bertz CT molecular complexity index is 841. The number of hydrogen-bond acceptors (Lipinski definition) is 6. The lowest BCUT2D eigenvalue weighted by atomic mass is 10.2. The molecule has 1 aromatic heterocycles. The number of aromatic nitrogens is 2. The van der Waals surface area contributed by atoms with E-state index in [-0.39, 0.29) is 16.8 Å². The van der Waals surface area contributed by atoms with Crippen molar-refractivity contribution in [2.75, 3.05) is 0 Å². The topological polar surface area (TPSA) is 114 Å². The van der Waals surface area contributed by atoms with Crippen molar-refractivity contribution in [3.05, 3.63) is 41.5 Å². The van der Waals surface area contributed by atoms with Crippen LogP contribution in [0.3, 0.4) is 0 Å². The highest BCUT2D eigenvalue weighted by Crippen LogP contribution is 2.22. The Balaban J connectivity index is 1.67. The van der Waals surface area contributed by atoms with Crippen LogP contribution in [0.1, 0.15) is 47.9 Å². The first kappa shape index (κ1) is 16.6. The summed E-state index contributed by atoms with van der Waals surface area (Å²) in [5.74, 6) is 0.454. The van der Waals surface area contributed by atoms with Crippen molar-refractivity contribution in [1.29, 1.82) is 0 Å². The molecule has 1 heterocycles. The minimum atomic E-state index is -3.52. The van der Waals surface area contributed by atoms with E-state index in [1.54, 1.807) is 13.8 Å². The Morgan fingerprint density at radius 3 is 2.50 bits per heavy atom. The van der Waals surface area contributed by atoms with E-state index in [2.05, 4.69) is 20.2 Å². The van der Waals surface area contributed by atoms with Gasteiger partial charge in [0.05, 0.1) is 4.90 Å². The second-order valence-corrected chi connectivity index (χ2v) is 7.51. The van der Waals surface area contributed by atoms with Gasteiger partial charge in [-0.2, -0.15) is 4.98 Å². The summed E-state index contributed by atoms with van der Waals surface area (Å²) in [5.41, 5.74) is 0.350. The molecule has 8 nitrogen and oxygen atoms in total. The van der Waals surface area contributed by atoms with E-state index in [4.69, 9.17) is 4.52 Å². The molecule has 1 saturated carbocycles. The number of hydrogen-bond donors (Lipinski definition) is 2. The molecule has 0 saturated heterocycles. The Hall–Kier alpha value is -2.26. The number of sulfonamides is 1. The fourth-order valence-electron chi connectivity index (χ4n) is 2.10. The second kappa shape index (κ2) is 6.33. The number of carbonyl (C=O) groups is 1. The van der Waals surface area contributed by atoms with E-state index in [9.17, 15) is 13.2 Å². The number of benzene rings is 1. The van der Waals surface area contributed by atoms with Gasteiger partial charge in [-0.15, -0.1) is 0 Å². The highest BCUT2D eigenvalue weighted by Gasteiger charge is 2.28. The average molecular weight is 350 g/mol. The maximum Gasteiger partial charge on any atom is 0.251 e. The lowest BCUT2D eigenvalue weighted by Gasteiger charge is -2.10. The van der Waals surface area contributed by atoms with E-state index in [1.165, 1.54) is 24.3 Å². The van der Waals surface area contributed by atoms with Gasteiger partial charge < -0.3 is 9.84 Å². The monoisotopic (exact) mass is 350 g/mol. The fraction of sp³-hybridized carbons (Fsp3) is 0.400. The van der Waals surface area contributed by atoms with Crippen LogP contribution in [0, 0.1) is 6.92 Å². The van der Waals surface area contributed by atoms with Crippen molar-refractivity contribution in [2.45, 2.75) is 43.7 Å². The minimum absolute atomic E-state index is 0.0386. The van der Waals surface area contributed by atoms with Crippen LogP contribution in [-0.4, -0.2) is 30.5 Å². The number of carbonyl (C=O) groups excluding carboxylic acids is 1. The minimum Gasteiger partial charge on any atom is -0.341 e. The van der Waals surface area contributed by atoms with Gasteiger partial charge in [0.1, 0.15) is 6.04 Å². The third-order valence-corrected chi connectivity index (χ3v) is 5.12. The molecule has 128 valence electrons. The van der Waals surface area contributed by atoms with E-state index in [1.807, 2.05) is 0 Å². The van der Waals surface area contributed by atoms with Crippen LogP contribution < -0.4 is 10.0 Å². The summed E-state index contributed by atoms with van der Waals surface area (Å²) < 4.78 is 31.8. The normalized spacial score (nSPS) is 15.9. The lowest BCUT2D eigenvalue weighted by molar-refractivity contribution is 0.0932. The average Bonchev–Trinajstić information content (AvgIpc) is 3.23. The van der Waals surface area contributed by atoms with Gasteiger partial charge in [-0.3, -0.25) is 4.79 Å². The molecule has 0 spiro atoms. The summed E-state index contributed by atoms with van der Waals surface area (Å²) in [6.45, 7) is 3.42. The number of amides is 1. The summed E-state index contributed by atoms with van der Waals surface area (Å²) >= 11 is 0. The summed E-state index contributed by atoms with van der Waals surface area (Å²) in [5, 5.41) is 6.40. The Morgan fingerprint density at radius 2 is 1.96 bits per heavy atom. The Labute approximate surface area is 139 Å². The summed E-state index contributed by atoms with van der Waals surface area (Å²) in [6.07, 6.45) is 1.74. The van der Waals surface area contributed by atoms with Crippen LogP contribution in [0.5, 0.6) is 0 Å². The van der Waals surface area contributed by atoms with Gasteiger partial charge in [-0.25, -0.2) is 13.1 Å². The standard InChI is InChI=1S/C15H18N4O4S/c1-9(15-17-10(2)18-23-15)16-14(20)11-3-7-13(8-4-11)24(21,22)19-12-5-6-12/h3-4,7-9,12,19H,5-6H2,1-2H3,(H,16,20). The first-order chi connectivity index (χ1) is 11.3. The zero-order valence-electron chi connectivity index (χ0n) is 13.3. The number of aryl methyl sites for hydroxylation is 1. The molecule has 9 heteroatoms. The summed E-state index contributed by atoms with van der Waals surface area (Å²) in [7, 11) is -3.52. The lowest BCUT2D eigenvalue weighted by Crippen LogP contribution is -2.27. The molecule has 0 bridgehead atoms. The number of rotatable bonds is 6.